The van der Waals surface area contributed by atoms with E-state index in [1.807, 2.05) is 25.1 Å². The van der Waals surface area contributed by atoms with Crippen molar-refractivity contribution < 1.29 is 19.0 Å². The van der Waals surface area contributed by atoms with Crippen molar-refractivity contribution in [3.63, 3.8) is 0 Å². The molecule has 0 aromatic heterocycles. The number of carbonyl (C=O) groups excluding carboxylic acids is 1. The van der Waals surface area contributed by atoms with Crippen LogP contribution in [0.4, 0.5) is 5.69 Å². The van der Waals surface area contributed by atoms with Gasteiger partial charge in [-0.1, -0.05) is 15.9 Å². The number of aryl methyl sites for hydroxylation is 1. The number of carbonyl (C=O) groups is 1. The predicted octanol–water partition coefficient (Wildman–Crippen LogP) is 3.80. The van der Waals surface area contributed by atoms with Crippen LogP contribution in [0.3, 0.4) is 0 Å². The van der Waals surface area contributed by atoms with Crippen LogP contribution >= 0.6 is 15.9 Å². The number of halogens is 1. The standard InChI is InChI=1S/C18H20BrNO4/c1-13-11-16(7-8-17(13)19)24-12-18(21)20-14-3-5-15(6-4-14)23-10-9-22-2/h3-8,11H,9-10,12H2,1-2H3,(H,20,21). The number of methoxy groups -OCH3 is 1. The van der Waals surface area contributed by atoms with E-state index in [2.05, 4.69) is 21.2 Å². The minimum absolute atomic E-state index is 0.0484. The number of amides is 1. The molecule has 5 nitrogen and oxygen atoms in total. The van der Waals surface area contributed by atoms with Gasteiger partial charge in [-0.05, 0) is 55.0 Å². The molecule has 6 heteroatoms. The topological polar surface area (TPSA) is 56.8 Å². The number of benzene rings is 2. The van der Waals surface area contributed by atoms with Crippen molar-refractivity contribution in [2.24, 2.45) is 0 Å². The largest absolute Gasteiger partial charge is 0.491 e. The van der Waals surface area contributed by atoms with Crippen LogP contribution in [-0.4, -0.2) is 32.8 Å². The minimum atomic E-state index is -0.219. The molecule has 0 unspecified atom stereocenters. The van der Waals surface area contributed by atoms with E-state index in [1.165, 1.54) is 0 Å². The number of hydrogen-bond acceptors (Lipinski definition) is 4. The third kappa shape index (κ3) is 5.86. The number of hydrogen-bond donors (Lipinski definition) is 1. The first kappa shape index (κ1) is 18.3. The molecule has 0 atom stereocenters. The molecule has 2 aromatic carbocycles. The van der Waals surface area contributed by atoms with Gasteiger partial charge in [-0.3, -0.25) is 4.79 Å². The highest BCUT2D eigenvalue weighted by Gasteiger charge is 2.05. The van der Waals surface area contributed by atoms with Crippen molar-refractivity contribution in [1.29, 1.82) is 0 Å². The Kier molecular flexibility index (Phi) is 7.08. The SMILES string of the molecule is COCCOc1ccc(NC(=O)COc2ccc(Br)c(C)c2)cc1. The maximum atomic E-state index is 11.9. The third-order valence-corrected chi connectivity index (χ3v) is 4.08. The van der Waals surface area contributed by atoms with Crippen molar-refractivity contribution in [1.82, 2.24) is 0 Å². The Labute approximate surface area is 150 Å². The van der Waals surface area contributed by atoms with Gasteiger partial charge < -0.3 is 19.5 Å². The maximum absolute atomic E-state index is 11.9. The third-order valence-electron chi connectivity index (χ3n) is 3.19. The van der Waals surface area contributed by atoms with Gasteiger partial charge in [-0.25, -0.2) is 0 Å². The molecule has 0 aliphatic heterocycles. The van der Waals surface area contributed by atoms with Crippen molar-refractivity contribution in [2.75, 3.05) is 32.2 Å². The molecule has 24 heavy (non-hydrogen) atoms. The lowest BCUT2D eigenvalue weighted by Crippen LogP contribution is -2.20. The summed E-state index contributed by atoms with van der Waals surface area (Å²) in [6.45, 7) is 2.94. The van der Waals surface area contributed by atoms with Crippen molar-refractivity contribution in [3.8, 4) is 11.5 Å². The summed E-state index contributed by atoms with van der Waals surface area (Å²) in [6, 6.07) is 12.7. The van der Waals surface area contributed by atoms with Gasteiger partial charge in [-0.15, -0.1) is 0 Å². The summed E-state index contributed by atoms with van der Waals surface area (Å²) in [4.78, 5) is 11.9. The molecule has 0 fully saturated rings. The van der Waals surface area contributed by atoms with Gasteiger partial charge >= 0.3 is 0 Å². The second-order valence-corrected chi connectivity index (χ2v) is 5.97. The monoisotopic (exact) mass is 393 g/mol. The average Bonchev–Trinajstić information content (AvgIpc) is 2.58. The first-order valence-electron chi connectivity index (χ1n) is 7.49. The number of nitrogens with one attached hydrogen (secondary N) is 1. The van der Waals surface area contributed by atoms with Gasteiger partial charge in [0.25, 0.3) is 5.91 Å². The molecule has 0 radical (unpaired) electrons. The summed E-state index contributed by atoms with van der Waals surface area (Å²) in [5.41, 5.74) is 1.74. The van der Waals surface area contributed by atoms with Gasteiger partial charge in [0.15, 0.2) is 6.61 Å². The summed E-state index contributed by atoms with van der Waals surface area (Å²) < 4.78 is 16.9. The van der Waals surface area contributed by atoms with Crippen LogP contribution < -0.4 is 14.8 Å². The van der Waals surface area contributed by atoms with Gasteiger partial charge in [0.2, 0.25) is 0 Å². The minimum Gasteiger partial charge on any atom is -0.491 e. The quantitative estimate of drug-likeness (QED) is 0.692. The Balaban J connectivity index is 1.80. The van der Waals surface area contributed by atoms with E-state index in [0.717, 1.165) is 15.8 Å². The molecule has 1 N–H and O–H groups in total. The molecular weight excluding hydrogens is 374 g/mol. The van der Waals surface area contributed by atoms with Gasteiger partial charge in [0.1, 0.15) is 18.1 Å². The van der Waals surface area contributed by atoms with Gasteiger partial charge in [0.05, 0.1) is 6.61 Å². The fraction of sp³-hybridized carbons (Fsp3) is 0.278. The van der Waals surface area contributed by atoms with E-state index in [0.29, 0.717) is 24.7 Å². The van der Waals surface area contributed by atoms with E-state index in [-0.39, 0.29) is 12.5 Å². The molecular formula is C18H20BrNO4. The van der Waals surface area contributed by atoms with Gasteiger partial charge in [0, 0.05) is 17.3 Å². The van der Waals surface area contributed by atoms with Crippen molar-refractivity contribution >= 4 is 27.5 Å². The highest BCUT2D eigenvalue weighted by atomic mass is 79.9. The number of anilines is 1. The van der Waals surface area contributed by atoms with E-state index in [1.54, 1.807) is 31.4 Å². The molecule has 0 saturated carbocycles. The van der Waals surface area contributed by atoms with Crippen LogP contribution in [-0.2, 0) is 9.53 Å². The van der Waals surface area contributed by atoms with Crippen LogP contribution in [0, 0.1) is 6.92 Å². The molecule has 1 amide bonds. The normalized spacial score (nSPS) is 10.3. The fourth-order valence-electron chi connectivity index (χ4n) is 1.93. The average molecular weight is 394 g/mol. The molecule has 2 rings (SSSR count). The summed E-state index contributed by atoms with van der Waals surface area (Å²) in [7, 11) is 1.62. The molecule has 0 spiro atoms. The van der Waals surface area contributed by atoms with E-state index in [4.69, 9.17) is 14.2 Å². The Morgan fingerprint density at radius 1 is 1.04 bits per heavy atom. The summed E-state index contributed by atoms with van der Waals surface area (Å²) in [6.07, 6.45) is 0. The van der Waals surface area contributed by atoms with Crippen LogP contribution in [0.15, 0.2) is 46.9 Å². The van der Waals surface area contributed by atoms with Crippen LogP contribution in [0.2, 0.25) is 0 Å². The Morgan fingerprint density at radius 2 is 1.75 bits per heavy atom. The molecule has 0 bridgehead atoms. The van der Waals surface area contributed by atoms with Crippen LogP contribution in [0.1, 0.15) is 5.56 Å². The Morgan fingerprint density at radius 3 is 2.42 bits per heavy atom. The highest BCUT2D eigenvalue weighted by Crippen LogP contribution is 2.21. The lowest BCUT2D eigenvalue weighted by atomic mass is 10.2. The molecule has 128 valence electrons. The lowest BCUT2D eigenvalue weighted by molar-refractivity contribution is -0.118. The van der Waals surface area contributed by atoms with E-state index >= 15 is 0 Å². The summed E-state index contributed by atoms with van der Waals surface area (Å²) in [5, 5.41) is 2.78. The zero-order valence-corrected chi connectivity index (χ0v) is 15.3. The second kappa shape index (κ2) is 9.30. The molecule has 0 aliphatic carbocycles. The zero-order chi connectivity index (χ0) is 17.4. The first-order chi connectivity index (χ1) is 11.6. The molecule has 0 saturated heterocycles. The molecule has 0 aliphatic rings. The van der Waals surface area contributed by atoms with Crippen LogP contribution in [0.25, 0.3) is 0 Å². The van der Waals surface area contributed by atoms with Crippen LogP contribution in [0.5, 0.6) is 11.5 Å². The van der Waals surface area contributed by atoms with Crippen molar-refractivity contribution in [3.05, 3.63) is 52.5 Å². The Hall–Kier alpha value is -2.05. The molecule has 0 heterocycles. The molecule has 2 aromatic rings. The number of ether oxygens (including phenoxy) is 3. The fourth-order valence-corrected chi connectivity index (χ4v) is 2.18. The maximum Gasteiger partial charge on any atom is 0.262 e. The zero-order valence-electron chi connectivity index (χ0n) is 13.7. The highest BCUT2D eigenvalue weighted by molar-refractivity contribution is 9.10. The van der Waals surface area contributed by atoms with Gasteiger partial charge in [-0.2, -0.15) is 0 Å². The van der Waals surface area contributed by atoms with E-state index in [9.17, 15) is 4.79 Å². The Bertz CT molecular complexity index is 673. The second-order valence-electron chi connectivity index (χ2n) is 5.11. The van der Waals surface area contributed by atoms with Crippen molar-refractivity contribution in [2.45, 2.75) is 6.92 Å². The summed E-state index contributed by atoms with van der Waals surface area (Å²) in [5.74, 6) is 1.17. The summed E-state index contributed by atoms with van der Waals surface area (Å²) >= 11 is 3.43. The first-order valence-corrected chi connectivity index (χ1v) is 8.28. The number of rotatable bonds is 8. The van der Waals surface area contributed by atoms with E-state index < -0.39 is 0 Å². The lowest BCUT2D eigenvalue weighted by Gasteiger charge is -2.10. The smallest absolute Gasteiger partial charge is 0.262 e. The predicted molar refractivity (Wildman–Crippen MR) is 96.8 cm³/mol.